The number of benzene rings is 2. The van der Waals surface area contributed by atoms with E-state index in [2.05, 4.69) is 0 Å². The van der Waals surface area contributed by atoms with E-state index in [0.29, 0.717) is 17.3 Å². The van der Waals surface area contributed by atoms with Crippen molar-refractivity contribution < 1.29 is 9.53 Å². The zero-order valence-corrected chi connectivity index (χ0v) is 15.3. The first-order chi connectivity index (χ1) is 11.0. The van der Waals surface area contributed by atoms with Crippen molar-refractivity contribution in [2.24, 2.45) is 5.73 Å². The lowest BCUT2D eigenvalue weighted by Gasteiger charge is -2.21. The third-order valence-electron chi connectivity index (χ3n) is 3.70. The van der Waals surface area contributed by atoms with Gasteiger partial charge in [0.1, 0.15) is 5.75 Å². The highest BCUT2D eigenvalue weighted by atomic mass is 35.5. The van der Waals surface area contributed by atoms with E-state index in [1.807, 2.05) is 30.3 Å². The minimum Gasteiger partial charge on any atom is -0.496 e. The van der Waals surface area contributed by atoms with E-state index in [9.17, 15) is 4.79 Å². The Bertz CT molecular complexity index is 665. The maximum atomic E-state index is 12.4. The molecule has 0 aliphatic rings. The third kappa shape index (κ3) is 5.41. The fraction of sp³-hybridized carbons (Fsp3) is 0.278. The zero-order valence-electron chi connectivity index (χ0n) is 13.7. The van der Waals surface area contributed by atoms with E-state index in [1.165, 1.54) is 0 Å². The van der Waals surface area contributed by atoms with Crippen LogP contribution in [0.3, 0.4) is 0 Å². The summed E-state index contributed by atoms with van der Waals surface area (Å²) in [7, 11) is 3.35. The molecule has 0 saturated heterocycles. The van der Waals surface area contributed by atoms with Crippen LogP contribution in [0.5, 0.6) is 5.75 Å². The Morgan fingerprint density at radius 2 is 1.92 bits per heavy atom. The summed E-state index contributed by atoms with van der Waals surface area (Å²) in [6, 6.07) is 14.7. The highest BCUT2D eigenvalue weighted by Gasteiger charge is 2.16. The predicted octanol–water partition coefficient (Wildman–Crippen LogP) is 3.82. The molecule has 2 aromatic rings. The first-order valence-electron chi connectivity index (χ1n) is 7.38. The Hall–Kier alpha value is -1.75. The van der Waals surface area contributed by atoms with Crippen molar-refractivity contribution in [3.63, 3.8) is 0 Å². The molecule has 0 fully saturated rings. The summed E-state index contributed by atoms with van der Waals surface area (Å²) in [6.45, 7) is 0.421. The second-order valence-electron chi connectivity index (χ2n) is 5.43. The molecule has 130 valence electrons. The van der Waals surface area contributed by atoms with Gasteiger partial charge in [0.25, 0.3) is 0 Å². The molecule has 1 unspecified atom stereocenters. The lowest BCUT2D eigenvalue weighted by atomic mass is 10.0. The summed E-state index contributed by atoms with van der Waals surface area (Å²) in [5.41, 5.74) is 7.93. The number of rotatable bonds is 6. The van der Waals surface area contributed by atoms with E-state index >= 15 is 0 Å². The molecule has 2 aromatic carbocycles. The number of ether oxygens (including phenoxy) is 1. The quantitative estimate of drug-likeness (QED) is 0.842. The topological polar surface area (TPSA) is 55.6 Å². The summed E-state index contributed by atoms with van der Waals surface area (Å²) >= 11 is 6.02. The Balaban J connectivity index is 0.00000288. The van der Waals surface area contributed by atoms with Gasteiger partial charge in [-0.1, -0.05) is 41.9 Å². The van der Waals surface area contributed by atoms with Crippen molar-refractivity contribution >= 4 is 29.9 Å². The first kappa shape index (κ1) is 20.3. The van der Waals surface area contributed by atoms with Gasteiger partial charge in [0.15, 0.2) is 0 Å². The largest absolute Gasteiger partial charge is 0.496 e. The molecule has 0 saturated carbocycles. The third-order valence-corrected chi connectivity index (χ3v) is 3.93. The fourth-order valence-corrected chi connectivity index (χ4v) is 2.57. The second kappa shape index (κ2) is 9.52. The van der Waals surface area contributed by atoms with Gasteiger partial charge in [0, 0.05) is 36.6 Å². The average Bonchev–Trinajstić information content (AvgIpc) is 2.55. The van der Waals surface area contributed by atoms with E-state index in [4.69, 9.17) is 22.1 Å². The maximum absolute atomic E-state index is 12.4. The minimum atomic E-state index is -0.313. The number of carbonyl (C=O) groups excluding carboxylic acids is 1. The first-order valence-corrected chi connectivity index (χ1v) is 7.76. The number of amides is 1. The summed E-state index contributed by atoms with van der Waals surface area (Å²) in [5, 5.41) is 0.614. The van der Waals surface area contributed by atoms with Gasteiger partial charge in [-0.05, 0) is 23.8 Å². The van der Waals surface area contributed by atoms with Gasteiger partial charge < -0.3 is 15.4 Å². The van der Waals surface area contributed by atoms with E-state index in [1.54, 1.807) is 37.3 Å². The Morgan fingerprint density at radius 3 is 2.54 bits per heavy atom. The molecule has 0 aromatic heterocycles. The van der Waals surface area contributed by atoms with Crippen molar-refractivity contribution in [2.75, 3.05) is 14.2 Å². The van der Waals surface area contributed by atoms with Gasteiger partial charge in [-0.2, -0.15) is 0 Å². The van der Waals surface area contributed by atoms with Gasteiger partial charge >= 0.3 is 0 Å². The van der Waals surface area contributed by atoms with Gasteiger partial charge in [0.2, 0.25) is 5.91 Å². The molecule has 2 N–H and O–H groups in total. The van der Waals surface area contributed by atoms with Gasteiger partial charge in [0.05, 0.1) is 7.11 Å². The molecule has 1 amide bonds. The van der Waals surface area contributed by atoms with Crippen LogP contribution in [-0.2, 0) is 11.3 Å². The lowest BCUT2D eigenvalue weighted by Crippen LogP contribution is -2.29. The Kier molecular flexibility index (Phi) is 8.05. The number of methoxy groups -OCH3 is 1. The summed E-state index contributed by atoms with van der Waals surface area (Å²) in [5.74, 6) is 0.685. The van der Waals surface area contributed by atoms with E-state index in [0.717, 1.165) is 11.1 Å². The highest BCUT2D eigenvalue weighted by molar-refractivity contribution is 6.30. The fourth-order valence-electron chi connectivity index (χ4n) is 2.38. The van der Waals surface area contributed by atoms with Crippen LogP contribution < -0.4 is 10.5 Å². The van der Waals surface area contributed by atoms with Gasteiger partial charge in [-0.15, -0.1) is 12.4 Å². The molecule has 0 aliphatic heterocycles. The van der Waals surface area contributed by atoms with Crippen LogP contribution in [0.4, 0.5) is 0 Å². The normalized spacial score (nSPS) is 11.3. The molecule has 0 spiro atoms. The molecule has 0 heterocycles. The zero-order chi connectivity index (χ0) is 16.8. The van der Waals surface area contributed by atoms with Crippen LogP contribution in [0, 0.1) is 0 Å². The molecule has 0 radical (unpaired) electrons. The summed E-state index contributed by atoms with van der Waals surface area (Å²) < 4.78 is 5.31. The number of hydrogen-bond acceptors (Lipinski definition) is 3. The highest BCUT2D eigenvalue weighted by Crippen LogP contribution is 2.24. The lowest BCUT2D eigenvalue weighted by molar-refractivity contribution is -0.130. The smallest absolute Gasteiger partial charge is 0.224 e. The van der Waals surface area contributed by atoms with Crippen LogP contribution in [0.25, 0.3) is 0 Å². The Labute approximate surface area is 154 Å². The molecule has 1 atom stereocenters. The van der Waals surface area contributed by atoms with Crippen molar-refractivity contribution in [3.05, 3.63) is 64.7 Å². The van der Waals surface area contributed by atoms with Crippen molar-refractivity contribution in [1.29, 1.82) is 0 Å². The van der Waals surface area contributed by atoms with Crippen molar-refractivity contribution in [3.8, 4) is 5.75 Å². The molecule has 6 heteroatoms. The van der Waals surface area contributed by atoms with Crippen LogP contribution in [-0.4, -0.2) is 25.0 Å². The van der Waals surface area contributed by atoms with Crippen LogP contribution in [0.1, 0.15) is 23.6 Å². The van der Waals surface area contributed by atoms with Crippen molar-refractivity contribution in [1.82, 2.24) is 4.90 Å². The average molecular weight is 369 g/mol. The van der Waals surface area contributed by atoms with Gasteiger partial charge in [-0.25, -0.2) is 0 Å². The monoisotopic (exact) mass is 368 g/mol. The molecule has 0 bridgehead atoms. The number of nitrogens with zero attached hydrogens (tertiary/aromatic N) is 1. The SMILES string of the molecule is COc1ccc(Cl)cc1CN(C)C(=O)CC(N)c1ccccc1.Cl. The number of carbonyl (C=O) groups is 1. The predicted molar refractivity (Wildman–Crippen MR) is 99.7 cm³/mol. The number of hydrogen-bond donors (Lipinski definition) is 1. The molecule has 24 heavy (non-hydrogen) atoms. The second-order valence-corrected chi connectivity index (χ2v) is 5.86. The molecular formula is C18H22Cl2N2O2. The molecule has 2 rings (SSSR count). The summed E-state index contributed by atoms with van der Waals surface area (Å²) in [4.78, 5) is 14.0. The van der Waals surface area contributed by atoms with Crippen LogP contribution in [0.2, 0.25) is 5.02 Å². The summed E-state index contributed by atoms with van der Waals surface area (Å²) in [6.07, 6.45) is 0.253. The molecule has 0 aliphatic carbocycles. The van der Waals surface area contributed by atoms with Crippen LogP contribution in [0.15, 0.2) is 48.5 Å². The minimum absolute atomic E-state index is 0. The van der Waals surface area contributed by atoms with E-state index < -0.39 is 0 Å². The molecule has 4 nitrogen and oxygen atoms in total. The standard InChI is InChI=1S/C18H21ClN2O2.ClH/c1-21(12-14-10-15(19)8-9-17(14)23-2)18(22)11-16(20)13-6-4-3-5-7-13;/h3-10,16H,11-12,20H2,1-2H3;1H. The van der Waals surface area contributed by atoms with Gasteiger partial charge in [-0.3, -0.25) is 4.79 Å². The van der Waals surface area contributed by atoms with Crippen molar-refractivity contribution in [2.45, 2.75) is 19.0 Å². The van der Waals surface area contributed by atoms with E-state index in [-0.39, 0.29) is 30.8 Å². The van der Waals surface area contributed by atoms with Crippen LogP contribution >= 0.6 is 24.0 Å². The number of halogens is 2. The Morgan fingerprint density at radius 1 is 1.25 bits per heavy atom. The maximum Gasteiger partial charge on any atom is 0.224 e. The number of nitrogens with two attached hydrogens (primary N) is 1. The molecular weight excluding hydrogens is 347 g/mol.